The predicted octanol–water partition coefficient (Wildman–Crippen LogP) is 1.96. The Labute approximate surface area is 165 Å². The number of carbonyl (C=O) groups excluding carboxylic acids is 2. The summed E-state index contributed by atoms with van der Waals surface area (Å²) in [6, 6.07) is 15.0. The molecule has 0 bridgehead atoms. The summed E-state index contributed by atoms with van der Waals surface area (Å²) >= 11 is 0. The van der Waals surface area contributed by atoms with E-state index in [4.69, 9.17) is 10.5 Å². The number of benzene rings is 2. The Morgan fingerprint density at radius 3 is 2.50 bits per heavy atom. The monoisotopic (exact) mass is 382 g/mol. The molecule has 0 spiro atoms. The molecule has 1 aliphatic rings. The Morgan fingerprint density at radius 1 is 1.11 bits per heavy atom. The van der Waals surface area contributed by atoms with Crippen LogP contribution in [0.1, 0.15) is 21.5 Å². The van der Waals surface area contributed by atoms with Crippen LogP contribution < -0.4 is 16.0 Å². The number of nitrogens with zero attached hydrogens (tertiary/aromatic N) is 2. The van der Waals surface area contributed by atoms with Crippen molar-refractivity contribution in [2.24, 2.45) is 5.73 Å². The number of nitrogens with two attached hydrogens (primary N) is 1. The second-order valence-electron chi connectivity index (χ2n) is 6.85. The highest BCUT2D eigenvalue weighted by molar-refractivity contribution is 5.92. The van der Waals surface area contributed by atoms with Crippen molar-refractivity contribution in [2.45, 2.75) is 13.1 Å². The molecule has 0 saturated carbocycles. The van der Waals surface area contributed by atoms with E-state index in [-0.39, 0.29) is 6.03 Å². The first kappa shape index (κ1) is 19.7. The Hall–Kier alpha value is -3.06. The maximum atomic E-state index is 12.4. The van der Waals surface area contributed by atoms with E-state index in [9.17, 15) is 9.59 Å². The first-order chi connectivity index (χ1) is 13.5. The lowest BCUT2D eigenvalue weighted by molar-refractivity contribution is 0.1000. The van der Waals surface area contributed by atoms with Gasteiger partial charge in [-0.15, -0.1) is 0 Å². The first-order valence-electron chi connectivity index (χ1n) is 9.32. The molecule has 0 radical (unpaired) electrons. The van der Waals surface area contributed by atoms with Crippen LogP contribution >= 0.6 is 0 Å². The van der Waals surface area contributed by atoms with Gasteiger partial charge in [-0.3, -0.25) is 4.79 Å². The molecule has 0 aromatic heterocycles. The summed E-state index contributed by atoms with van der Waals surface area (Å²) < 4.78 is 5.38. The Balaban J connectivity index is 1.51. The van der Waals surface area contributed by atoms with Gasteiger partial charge >= 0.3 is 6.03 Å². The molecule has 7 nitrogen and oxygen atoms in total. The fourth-order valence-corrected chi connectivity index (χ4v) is 3.13. The van der Waals surface area contributed by atoms with Crippen molar-refractivity contribution < 1.29 is 14.3 Å². The fourth-order valence-electron chi connectivity index (χ4n) is 3.13. The van der Waals surface area contributed by atoms with Crippen LogP contribution in [0.5, 0.6) is 0 Å². The van der Waals surface area contributed by atoms with Crippen molar-refractivity contribution in [2.75, 3.05) is 38.3 Å². The van der Waals surface area contributed by atoms with Gasteiger partial charge in [0, 0.05) is 44.5 Å². The van der Waals surface area contributed by atoms with Gasteiger partial charge in [0.1, 0.15) is 0 Å². The van der Waals surface area contributed by atoms with Gasteiger partial charge in [-0.05, 0) is 35.4 Å². The van der Waals surface area contributed by atoms with Crippen LogP contribution in [-0.2, 0) is 17.8 Å². The van der Waals surface area contributed by atoms with E-state index in [2.05, 4.69) is 22.3 Å². The van der Waals surface area contributed by atoms with E-state index < -0.39 is 5.91 Å². The highest BCUT2D eigenvalue weighted by Gasteiger charge is 2.12. The van der Waals surface area contributed by atoms with Crippen molar-refractivity contribution in [3.05, 3.63) is 65.2 Å². The zero-order valence-electron chi connectivity index (χ0n) is 16.1. The second kappa shape index (κ2) is 9.23. The molecule has 3 N–H and O–H groups in total. The Bertz CT molecular complexity index is 817. The molecule has 0 atom stereocenters. The Kier molecular flexibility index (Phi) is 6.49. The number of hydrogen-bond donors (Lipinski definition) is 2. The van der Waals surface area contributed by atoms with Gasteiger partial charge in [-0.25, -0.2) is 4.79 Å². The molecule has 0 unspecified atom stereocenters. The number of urea groups is 1. The van der Waals surface area contributed by atoms with Crippen LogP contribution in [0.3, 0.4) is 0 Å². The van der Waals surface area contributed by atoms with Gasteiger partial charge in [0.15, 0.2) is 0 Å². The molecule has 1 heterocycles. The Morgan fingerprint density at radius 2 is 1.82 bits per heavy atom. The molecule has 1 fully saturated rings. The number of carbonyl (C=O) groups is 2. The lowest BCUT2D eigenvalue weighted by Crippen LogP contribution is -2.36. The molecular weight excluding hydrogens is 356 g/mol. The van der Waals surface area contributed by atoms with Crippen LogP contribution in [0.4, 0.5) is 10.5 Å². The molecule has 2 aromatic carbocycles. The summed E-state index contributed by atoms with van der Waals surface area (Å²) in [7, 11) is 1.76. The smallest absolute Gasteiger partial charge is 0.317 e. The van der Waals surface area contributed by atoms with E-state index in [0.29, 0.717) is 18.7 Å². The van der Waals surface area contributed by atoms with E-state index in [1.54, 1.807) is 30.1 Å². The van der Waals surface area contributed by atoms with Gasteiger partial charge in [0.05, 0.1) is 13.2 Å². The van der Waals surface area contributed by atoms with Crippen molar-refractivity contribution in [3.63, 3.8) is 0 Å². The third-order valence-corrected chi connectivity index (χ3v) is 4.73. The molecule has 2 aromatic rings. The zero-order chi connectivity index (χ0) is 19.9. The summed E-state index contributed by atoms with van der Waals surface area (Å²) in [4.78, 5) is 27.5. The summed E-state index contributed by atoms with van der Waals surface area (Å²) in [5, 5.41) is 2.86. The minimum absolute atomic E-state index is 0.179. The third kappa shape index (κ3) is 5.23. The molecule has 7 heteroatoms. The summed E-state index contributed by atoms with van der Waals surface area (Å²) in [6.07, 6.45) is 0. The summed E-state index contributed by atoms with van der Waals surface area (Å²) in [5.74, 6) is -0.481. The van der Waals surface area contributed by atoms with Crippen LogP contribution in [0.2, 0.25) is 0 Å². The van der Waals surface area contributed by atoms with Crippen LogP contribution in [-0.4, -0.2) is 50.2 Å². The standard InChI is InChI=1S/C21H26N4O3/c1-24(21(27)23-14-17-3-2-4-18(13-17)20(22)26)15-16-5-7-19(8-6-16)25-9-11-28-12-10-25/h2-8,13H,9-12,14-15H2,1H3,(H2,22,26)(H,23,27). The number of hydrogen-bond acceptors (Lipinski definition) is 4. The van der Waals surface area contributed by atoms with Gasteiger partial charge in [-0.2, -0.15) is 0 Å². The van der Waals surface area contributed by atoms with Gasteiger partial charge in [0.2, 0.25) is 5.91 Å². The molecule has 0 aliphatic carbocycles. The lowest BCUT2D eigenvalue weighted by Gasteiger charge is -2.29. The molecule has 28 heavy (non-hydrogen) atoms. The molecule has 3 amide bonds. The quantitative estimate of drug-likeness (QED) is 0.800. The van der Waals surface area contributed by atoms with E-state index >= 15 is 0 Å². The predicted molar refractivity (Wildman–Crippen MR) is 108 cm³/mol. The summed E-state index contributed by atoms with van der Waals surface area (Å²) in [5.41, 5.74) is 8.78. The largest absolute Gasteiger partial charge is 0.378 e. The molecule has 1 aliphatic heterocycles. The van der Waals surface area contributed by atoms with E-state index in [0.717, 1.165) is 37.4 Å². The van der Waals surface area contributed by atoms with Gasteiger partial charge < -0.3 is 25.6 Å². The normalized spacial score (nSPS) is 13.8. The average molecular weight is 382 g/mol. The minimum atomic E-state index is -0.481. The number of anilines is 1. The van der Waals surface area contributed by atoms with E-state index in [1.165, 1.54) is 5.69 Å². The van der Waals surface area contributed by atoms with Crippen molar-refractivity contribution in [1.29, 1.82) is 0 Å². The SMILES string of the molecule is CN(Cc1ccc(N2CCOCC2)cc1)C(=O)NCc1cccc(C(N)=O)c1. The summed E-state index contributed by atoms with van der Waals surface area (Å²) in [6.45, 7) is 4.16. The average Bonchev–Trinajstić information content (AvgIpc) is 2.73. The third-order valence-electron chi connectivity index (χ3n) is 4.73. The zero-order valence-corrected chi connectivity index (χ0v) is 16.1. The van der Waals surface area contributed by atoms with Crippen LogP contribution in [0.15, 0.2) is 48.5 Å². The lowest BCUT2D eigenvalue weighted by atomic mass is 10.1. The second-order valence-corrected chi connectivity index (χ2v) is 6.85. The molecular formula is C21H26N4O3. The van der Waals surface area contributed by atoms with Crippen LogP contribution in [0, 0.1) is 0 Å². The first-order valence-corrected chi connectivity index (χ1v) is 9.32. The van der Waals surface area contributed by atoms with Crippen LogP contribution in [0.25, 0.3) is 0 Å². The number of amides is 3. The van der Waals surface area contributed by atoms with Crippen molar-refractivity contribution in [1.82, 2.24) is 10.2 Å². The van der Waals surface area contributed by atoms with Gasteiger partial charge in [-0.1, -0.05) is 24.3 Å². The number of morpholine rings is 1. The fraction of sp³-hybridized carbons (Fsp3) is 0.333. The highest BCUT2D eigenvalue weighted by Crippen LogP contribution is 2.17. The number of rotatable bonds is 6. The molecule has 1 saturated heterocycles. The maximum absolute atomic E-state index is 12.4. The van der Waals surface area contributed by atoms with Gasteiger partial charge in [0.25, 0.3) is 0 Å². The maximum Gasteiger partial charge on any atom is 0.317 e. The van der Waals surface area contributed by atoms with E-state index in [1.807, 2.05) is 18.2 Å². The molecule has 148 valence electrons. The number of primary amides is 1. The highest BCUT2D eigenvalue weighted by atomic mass is 16.5. The number of ether oxygens (including phenoxy) is 1. The number of nitrogens with one attached hydrogen (secondary N) is 1. The molecule has 3 rings (SSSR count). The topological polar surface area (TPSA) is 87.9 Å². The minimum Gasteiger partial charge on any atom is -0.378 e. The van der Waals surface area contributed by atoms with Crippen molar-refractivity contribution in [3.8, 4) is 0 Å². The van der Waals surface area contributed by atoms with Crippen molar-refractivity contribution >= 4 is 17.6 Å².